The summed E-state index contributed by atoms with van der Waals surface area (Å²) < 4.78 is 13.7. The van der Waals surface area contributed by atoms with Crippen molar-refractivity contribution >= 4 is 16.7 Å². The van der Waals surface area contributed by atoms with Crippen LogP contribution in [0.1, 0.15) is 37.3 Å². The van der Waals surface area contributed by atoms with Gasteiger partial charge in [-0.3, -0.25) is 4.79 Å². The van der Waals surface area contributed by atoms with Gasteiger partial charge in [0.2, 0.25) is 0 Å². The predicted molar refractivity (Wildman–Crippen MR) is 76.9 cm³/mol. The molecule has 20 heavy (non-hydrogen) atoms. The lowest BCUT2D eigenvalue weighted by Gasteiger charge is -2.15. The number of fused-ring (bicyclic) bond motifs is 1. The van der Waals surface area contributed by atoms with Crippen molar-refractivity contribution in [3.63, 3.8) is 0 Å². The van der Waals surface area contributed by atoms with Crippen LogP contribution in [-0.2, 0) is 4.79 Å². The molecular formula is C16H18FNO2. The maximum Gasteiger partial charge on any atom is 0.303 e. The van der Waals surface area contributed by atoms with Crippen molar-refractivity contribution in [3.05, 3.63) is 47.8 Å². The van der Waals surface area contributed by atoms with E-state index >= 15 is 0 Å². The number of aliphatic carboxylic acids is 1. The third kappa shape index (κ3) is 3.33. The molecule has 0 spiro atoms. The lowest BCUT2D eigenvalue weighted by molar-refractivity contribution is -0.137. The van der Waals surface area contributed by atoms with E-state index in [2.05, 4.69) is 0 Å². The fraction of sp³-hybridized carbons (Fsp3) is 0.312. The molecule has 0 aromatic heterocycles. The number of carboxylic acid groups (broad SMARTS) is 1. The lowest BCUT2D eigenvalue weighted by Crippen LogP contribution is -2.11. The number of benzene rings is 2. The summed E-state index contributed by atoms with van der Waals surface area (Å²) in [5.74, 6) is -1.03. The minimum Gasteiger partial charge on any atom is -0.481 e. The fourth-order valence-electron chi connectivity index (χ4n) is 2.40. The topological polar surface area (TPSA) is 63.3 Å². The molecular weight excluding hydrogens is 257 g/mol. The predicted octanol–water partition coefficient (Wildman–Crippen LogP) is 3.62. The molecule has 0 heterocycles. The Balaban J connectivity index is 2.12. The monoisotopic (exact) mass is 275 g/mol. The molecule has 3 N–H and O–H groups in total. The summed E-state index contributed by atoms with van der Waals surface area (Å²) in [4.78, 5) is 10.5. The molecule has 4 heteroatoms. The second-order valence-electron chi connectivity index (χ2n) is 4.93. The molecule has 3 nitrogen and oxygen atoms in total. The van der Waals surface area contributed by atoms with E-state index in [4.69, 9.17) is 10.8 Å². The van der Waals surface area contributed by atoms with Gasteiger partial charge >= 0.3 is 5.97 Å². The summed E-state index contributed by atoms with van der Waals surface area (Å²) in [5.41, 5.74) is 7.07. The summed E-state index contributed by atoms with van der Waals surface area (Å²) in [6, 6.07) is 10.2. The summed E-state index contributed by atoms with van der Waals surface area (Å²) in [5, 5.41) is 10.0. The number of unbranched alkanes of at least 4 members (excludes halogenated alkanes) is 1. The number of rotatable bonds is 6. The number of carbonyl (C=O) groups is 1. The Hall–Kier alpha value is -1.94. The molecule has 0 radical (unpaired) electrons. The number of carboxylic acids is 1. The van der Waals surface area contributed by atoms with Gasteiger partial charge in [-0.1, -0.05) is 36.8 Å². The Morgan fingerprint density at radius 2 is 1.85 bits per heavy atom. The summed E-state index contributed by atoms with van der Waals surface area (Å²) >= 11 is 0. The molecule has 2 aromatic rings. The number of nitrogens with two attached hydrogens (primary N) is 1. The van der Waals surface area contributed by atoms with Crippen molar-refractivity contribution < 1.29 is 14.3 Å². The van der Waals surface area contributed by atoms with E-state index in [-0.39, 0.29) is 18.3 Å². The largest absolute Gasteiger partial charge is 0.481 e. The van der Waals surface area contributed by atoms with Crippen molar-refractivity contribution in [2.45, 2.75) is 31.7 Å². The Bertz CT molecular complexity index is 612. The first-order valence-corrected chi connectivity index (χ1v) is 6.74. The van der Waals surface area contributed by atoms with Crippen LogP contribution in [0.25, 0.3) is 10.8 Å². The first-order valence-electron chi connectivity index (χ1n) is 6.74. The molecule has 0 saturated carbocycles. The average molecular weight is 275 g/mol. The van der Waals surface area contributed by atoms with Crippen molar-refractivity contribution in [2.75, 3.05) is 0 Å². The van der Waals surface area contributed by atoms with E-state index in [9.17, 15) is 9.18 Å². The van der Waals surface area contributed by atoms with Crippen LogP contribution in [0.2, 0.25) is 0 Å². The third-order valence-electron chi connectivity index (χ3n) is 3.46. The van der Waals surface area contributed by atoms with Gasteiger partial charge in [0.1, 0.15) is 5.82 Å². The van der Waals surface area contributed by atoms with Crippen LogP contribution in [0, 0.1) is 5.82 Å². The molecule has 0 aliphatic carbocycles. The second kappa shape index (κ2) is 6.48. The molecule has 1 atom stereocenters. The smallest absolute Gasteiger partial charge is 0.303 e. The molecule has 1 unspecified atom stereocenters. The molecule has 0 saturated heterocycles. The maximum absolute atomic E-state index is 13.7. The number of hydrogen-bond donors (Lipinski definition) is 2. The summed E-state index contributed by atoms with van der Waals surface area (Å²) in [6.45, 7) is 0. The Kier molecular flexibility index (Phi) is 4.69. The fourth-order valence-corrected chi connectivity index (χ4v) is 2.40. The third-order valence-corrected chi connectivity index (χ3v) is 3.46. The maximum atomic E-state index is 13.7. The Morgan fingerprint density at radius 1 is 1.15 bits per heavy atom. The highest BCUT2D eigenvalue weighted by atomic mass is 19.1. The normalized spacial score (nSPS) is 12.5. The van der Waals surface area contributed by atoms with Gasteiger partial charge < -0.3 is 10.8 Å². The van der Waals surface area contributed by atoms with Gasteiger partial charge in [-0.05, 0) is 29.9 Å². The van der Waals surface area contributed by atoms with Crippen LogP contribution < -0.4 is 5.73 Å². The van der Waals surface area contributed by atoms with Gasteiger partial charge in [-0.25, -0.2) is 4.39 Å². The highest BCUT2D eigenvalue weighted by molar-refractivity contribution is 5.86. The van der Waals surface area contributed by atoms with Crippen LogP contribution in [0.5, 0.6) is 0 Å². The van der Waals surface area contributed by atoms with Gasteiger partial charge in [-0.2, -0.15) is 0 Å². The standard InChI is InChI=1S/C16H18FNO2/c17-14-10-9-13(11-5-1-2-6-12(11)14)15(18)7-3-4-8-16(19)20/h1-2,5-6,9-10,15H,3-4,7-8,18H2,(H,19,20). The van der Waals surface area contributed by atoms with Crippen LogP contribution in [0.4, 0.5) is 4.39 Å². The highest BCUT2D eigenvalue weighted by Crippen LogP contribution is 2.27. The minimum atomic E-state index is -0.786. The second-order valence-corrected chi connectivity index (χ2v) is 4.93. The molecule has 0 bridgehead atoms. The zero-order valence-electron chi connectivity index (χ0n) is 11.2. The van der Waals surface area contributed by atoms with Crippen LogP contribution in [0.15, 0.2) is 36.4 Å². The van der Waals surface area contributed by atoms with Crippen LogP contribution >= 0.6 is 0 Å². The first kappa shape index (κ1) is 14.5. The zero-order valence-corrected chi connectivity index (χ0v) is 11.2. The van der Waals surface area contributed by atoms with E-state index in [0.717, 1.165) is 17.4 Å². The van der Waals surface area contributed by atoms with Crippen molar-refractivity contribution in [1.29, 1.82) is 0 Å². The lowest BCUT2D eigenvalue weighted by atomic mass is 9.95. The summed E-state index contributed by atoms with van der Waals surface area (Å²) in [6.07, 6.45) is 2.22. The molecule has 2 rings (SSSR count). The molecule has 0 amide bonds. The van der Waals surface area contributed by atoms with Gasteiger partial charge in [0, 0.05) is 17.8 Å². The highest BCUT2D eigenvalue weighted by Gasteiger charge is 2.12. The number of hydrogen-bond acceptors (Lipinski definition) is 2. The Morgan fingerprint density at radius 3 is 2.55 bits per heavy atom. The SMILES string of the molecule is NC(CCCCC(=O)O)c1ccc(F)c2ccccc12. The van der Waals surface area contributed by atoms with Crippen molar-refractivity contribution in [2.24, 2.45) is 5.73 Å². The first-order chi connectivity index (χ1) is 9.59. The molecule has 0 aliphatic heterocycles. The van der Waals surface area contributed by atoms with Gasteiger partial charge in [0.15, 0.2) is 0 Å². The summed E-state index contributed by atoms with van der Waals surface area (Å²) in [7, 11) is 0. The molecule has 2 aromatic carbocycles. The van der Waals surface area contributed by atoms with E-state index in [1.165, 1.54) is 6.07 Å². The Labute approximate surface area is 117 Å². The van der Waals surface area contributed by atoms with E-state index in [1.807, 2.05) is 12.1 Å². The van der Waals surface area contributed by atoms with E-state index in [1.54, 1.807) is 18.2 Å². The van der Waals surface area contributed by atoms with Gasteiger partial charge in [0.25, 0.3) is 0 Å². The van der Waals surface area contributed by atoms with Crippen LogP contribution in [0.3, 0.4) is 0 Å². The quantitative estimate of drug-likeness (QED) is 0.791. The van der Waals surface area contributed by atoms with Gasteiger partial charge in [-0.15, -0.1) is 0 Å². The van der Waals surface area contributed by atoms with E-state index in [0.29, 0.717) is 18.2 Å². The van der Waals surface area contributed by atoms with Gasteiger partial charge in [0.05, 0.1) is 0 Å². The van der Waals surface area contributed by atoms with Crippen LogP contribution in [-0.4, -0.2) is 11.1 Å². The number of halogens is 1. The van der Waals surface area contributed by atoms with Crippen molar-refractivity contribution in [1.82, 2.24) is 0 Å². The van der Waals surface area contributed by atoms with Crippen molar-refractivity contribution in [3.8, 4) is 0 Å². The average Bonchev–Trinajstić information content (AvgIpc) is 2.44. The molecule has 0 aliphatic rings. The zero-order chi connectivity index (χ0) is 14.5. The molecule has 0 fully saturated rings. The minimum absolute atomic E-state index is 0.164. The van der Waals surface area contributed by atoms with E-state index < -0.39 is 5.97 Å². The molecule has 106 valence electrons.